The molecule has 2 aromatic rings. The van der Waals surface area contributed by atoms with E-state index < -0.39 is 0 Å². The summed E-state index contributed by atoms with van der Waals surface area (Å²) in [6.07, 6.45) is 2.33. The molecule has 0 saturated carbocycles. The SMILES string of the molecule is Cc1ncccc1C(N)Cc1nnn(C)n1. The largest absolute Gasteiger partial charge is 0.324 e. The highest BCUT2D eigenvalue weighted by molar-refractivity contribution is 5.22. The quantitative estimate of drug-likeness (QED) is 0.793. The molecule has 0 aromatic carbocycles. The molecule has 0 radical (unpaired) electrons. The molecule has 2 N–H and O–H groups in total. The zero-order valence-electron chi connectivity index (χ0n) is 9.33. The van der Waals surface area contributed by atoms with Gasteiger partial charge in [0.1, 0.15) is 0 Å². The zero-order chi connectivity index (χ0) is 11.5. The van der Waals surface area contributed by atoms with Gasteiger partial charge < -0.3 is 5.73 Å². The second-order valence-electron chi connectivity index (χ2n) is 3.68. The van der Waals surface area contributed by atoms with Crippen molar-refractivity contribution in [2.75, 3.05) is 0 Å². The molecule has 6 nitrogen and oxygen atoms in total. The summed E-state index contributed by atoms with van der Waals surface area (Å²) in [6, 6.07) is 3.72. The summed E-state index contributed by atoms with van der Waals surface area (Å²) in [4.78, 5) is 5.63. The summed E-state index contributed by atoms with van der Waals surface area (Å²) in [6.45, 7) is 1.94. The molecule has 2 rings (SSSR count). The Hall–Kier alpha value is -1.82. The molecule has 0 spiro atoms. The molecule has 0 aliphatic carbocycles. The molecule has 1 unspecified atom stereocenters. The van der Waals surface area contributed by atoms with Crippen molar-refractivity contribution in [1.82, 2.24) is 25.2 Å². The number of hydrogen-bond acceptors (Lipinski definition) is 5. The fraction of sp³-hybridized carbons (Fsp3) is 0.400. The maximum Gasteiger partial charge on any atom is 0.176 e. The lowest BCUT2D eigenvalue weighted by Gasteiger charge is -2.11. The van der Waals surface area contributed by atoms with E-state index in [0.29, 0.717) is 12.2 Å². The van der Waals surface area contributed by atoms with E-state index in [0.717, 1.165) is 11.3 Å². The molecule has 6 heteroatoms. The number of nitrogens with zero attached hydrogens (tertiary/aromatic N) is 5. The first-order valence-electron chi connectivity index (χ1n) is 5.07. The maximum atomic E-state index is 6.08. The minimum atomic E-state index is -0.141. The second-order valence-corrected chi connectivity index (χ2v) is 3.68. The van der Waals surface area contributed by atoms with Crippen LogP contribution in [0.25, 0.3) is 0 Å². The number of hydrogen-bond donors (Lipinski definition) is 1. The zero-order valence-corrected chi connectivity index (χ0v) is 9.33. The number of rotatable bonds is 3. The van der Waals surface area contributed by atoms with E-state index in [1.807, 2.05) is 19.1 Å². The topological polar surface area (TPSA) is 82.5 Å². The van der Waals surface area contributed by atoms with Gasteiger partial charge in [0.05, 0.1) is 7.05 Å². The van der Waals surface area contributed by atoms with Crippen molar-refractivity contribution in [3.63, 3.8) is 0 Å². The molecular weight excluding hydrogens is 204 g/mol. The van der Waals surface area contributed by atoms with Crippen molar-refractivity contribution in [3.05, 3.63) is 35.4 Å². The molecule has 0 saturated heterocycles. The lowest BCUT2D eigenvalue weighted by molar-refractivity contribution is 0.622. The number of aryl methyl sites for hydroxylation is 2. The van der Waals surface area contributed by atoms with Gasteiger partial charge in [0.2, 0.25) is 0 Å². The lowest BCUT2D eigenvalue weighted by Crippen LogP contribution is -2.16. The summed E-state index contributed by atoms with van der Waals surface area (Å²) in [5.41, 5.74) is 8.05. The van der Waals surface area contributed by atoms with E-state index in [1.165, 1.54) is 4.80 Å². The van der Waals surface area contributed by atoms with E-state index in [4.69, 9.17) is 5.73 Å². The summed E-state index contributed by atoms with van der Waals surface area (Å²) < 4.78 is 0. The van der Waals surface area contributed by atoms with Crippen molar-refractivity contribution in [3.8, 4) is 0 Å². The Morgan fingerprint density at radius 3 is 2.94 bits per heavy atom. The van der Waals surface area contributed by atoms with Gasteiger partial charge in [-0.3, -0.25) is 4.98 Å². The monoisotopic (exact) mass is 218 g/mol. The molecule has 0 aliphatic rings. The van der Waals surface area contributed by atoms with Gasteiger partial charge in [0.25, 0.3) is 0 Å². The lowest BCUT2D eigenvalue weighted by atomic mass is 10.0. The van der Waals surface area contributed by atoms with Crippen LogP contribution in [0.4, 0.5) is 0 Å². The highest BCUT2D eigenvalue weighted by Gasteiger charge is 2.12. The molecule has 0 amide bonds. The number of aromatic nitrogens is 5. The third-order valence-corrected chi connectivity index (χ3v) is 2.40. The van der Waals surface area contributed by atoms with Crippen LogP contribution in [0.5, 0.6) is 0 Å². The van der Waals surface area contributed by atoms with Crippen LogP contribution < -0.4 is 5.73 Å². The third-order valence-electron chi connectivity index (χ3n) is 2.40. The molecule has 2 aromatic heterocycles. The van der Waals surface area contributed by atoms with Crippen molar-refractivity contribution < 1.29 is 0 Å². The van der Waals surface area contributed by atoms with Gasteiger partial charge in [-0.25, -0.2) is 0 Å². The highest BCUT2D eigenvalue weighted by atomic mass is 15.6. The van der Waals surface area contributed by atoms with Gasteiger partial charge in [0, 0.05) is 24.4 Å². The smallest absolute Gasteiger partial charge is 0.176 e. The van der Waals surface area contributed by atoms with Crippen LogP contribution in [-0.4, -0.2) is 25.2 Å². The average Bonchev–Trinajstić information content (AvgIpc) is 2.64. The summed E-state index contributed by atoms with van der Waals surface area (Å²) >= 11 is 0. The van der Waals surface area contributed by atoms with Gasteiger partial charge in [-0.15, -0.1) is 10.2 Å². The average molecular weight is 218 g/mol. The van der Waals surface area contributed by atoms with Crippen LogP contribution in [0, 0.1) is 6.92 Å². The minimum absolute atomic E-state index is 0.141. The Kier molecular flexibility index (Phi) is 2.91. The molecule has 0 bridgehead atoms. The molecule has 1 atom stereocenters. The van der Waals surface area contributed by atoms with E-state index in [9.17, 15) is 0 Å². The molecule has 0 fully saturated rings. The summed E-state index contributed by atoms with van der Waals surface area (Å²) in [7, 11) is 1.73. The predicted molar refractivity (Wildman–Crippen MR) is 58.4 cm³/mol. The first-order valence-corrected chi connectivity index (χ1v) is 5.07. The first kappa shape index (κ1) is 10.7. The fourth-order valence-electron chi connectivity index (χ4n) is 1.60. The Labute approximate surface area is 93.5 Å². The van der Waals surface area contributed by atoms with Crippen molar-refractivity contribution >= 4 is 0 Å². The van der Waals surface area contributed by atoms with Crippen LogP contribution in [0.3, 0.4) is 0 Å². The van der Waals surface area contributed by atoms with E-state index >= 15 is 0 Å². The highest BCUT2D eigenvalue weighted by Crippen LogP contribution is 2.15. The summed E-state index contributed by atoms with van der Waals surface area (Å²) in [5.74, 6) is 0.651. The number of pyridine rings is 1. The van der Waals surface area contributed by atoms with Gasteiger partial charge in [-0.2, -0.15) is 4.80 Å². The van der Waals surface area contributed by atoms with Crippen molar-refractivity contribution in [2.24, 2.45) is 12.8 Å². The summed E-state index contributed by atoms with van der Waals surface area (Å²) in [5, 5.41) is 11.8. The van der Waals surface area contributed by atoms with Crippen LogP contribution in [0.15, 0.2) is 18.3 Å². The Bertz CT molecular complexity index is 478. The van der Waals surface area contributed by atoms with Crippen molar-refractivity contribution in [2.45, 2.75) is 19.4 Å². The normalized spacial score (nSPS) is 12.7. The molecule has 2 heterocycles. The van der Waals surface area contributed by atoms with Crippen LogP contribution in [0.1, 0.15) is 23.1 Å². The Balaban J connectivity index is 2.14. The van der Waals surface area contributed by atoms with E-state index in [-0.39, 0.29) is 6.04 Å². The third kappa shape index (κ3) is 2.22. The van der Waals surface area contributed by atoms with Gasteiger partial charge in [-0.05, 0) is 23.8 Å². The number of nitrogens with two attached hydrogens (primary N) is 1. The standard InChI is InChI=1S/C10H14N6/c1-7-8(4-3-5-12-7)9(11)6-10-13-15-16(2)14-10/h3-5,9H,6,11H2,1-2H3. The maximum absolute atomic E-state index is 6.08. The van der Waals surface area contributed by atoms with Crippen molar-refractivity contribution in [1.29, 1.82) is 0 Å². The van der Waals surface area contributed by atoms with Gasteiger partial charge in [-0.1, -0.05) is 6.07 Å². The van der Waals surface area contributed by atoms with E-state index in [1.54, 1.807) is 13.2 Å². The number of tetrazole rings is 1. The van der Waals surface area contributed by atoms with E-state index in [2.05, 4.69) is 20.4 Å². The van der Waals surface area contributed by atoms with Crippen LogP contribution in [-0.2, 0) is 13.5 Å². The predicted octanol–water partition coefficient (Wildman–Crippen LogP) is 0.156. The van der Waals surface area contributed by atoms with Gasteiger partial charge >= 0.3 is 0 Å². The van der Waals surface area contributed by atoms with Gasteiger partial charge in [0.15, 0.2) is 5.82 Å². The first-order chi connectivity index (χ1) is 7.66. The molecule has 84 valence electrons. The van der Waals surface area contributed by atoms with Crippen LogP contribution in [0.2, 0.25) is 0 Å². The Morgan fingerprint density at radius 2 is 2.31 bits per heavy atom. The molecular formula is C10H14N6. The Morgan fingerprint density at radius 1 is 1.50 bits per heavy atom. The molecule has 16 heavy (non-hydrogen) atoms. The fourth-order valence-corrected chi connectivity index (χ4v) is 1.60. The van der Waals surface area contributed by atoms with Crippen LogP contribution >= 0.6 is 0 Å². The second kappa shape index (κ2) is 4.36. The molecule has 0 aliphatic heterocycles. The minimum Gasteiger partial charge on any atom is -0.324 e.